The van der Waals surface area contributed by atoms with E-state index >= 15 is 0 Å². The maximum Gasteiger partial charge on any atom is 0.0249 e. The molecule has 0 aromatic heterocycles. The van der Waals surface area contributed by atoms with Crippen LogP contribution in [0.2, 0.25) is 0 Å². The average Bonchev–Trinajstić information content (AvgIpc) is 2.30. The summed E-state index contributed by atoms with van der Waals surface area (Å²) in [6.07, 6.45) is 0. The van der Waals surface area contributed by atoms with Crippen LogP contribution in [0.25, 0.3) is 11.1 Å². The van der Waals surface area contributed by atoms with Crippen LogP contribution in [0.4, 0.5) is 0 Å². The minimum Gasteiger partial charge on any atom is -0.768 e. The predicted molar refractivity (Wildman–Crippen MR) is 63.8 cm³/mol. The van der Waals surface area contributed by atoms with Gasteiger partial charge < -0.3 is 4.55 Å². The Morgan fingerprint density at radius 1 is 0.875 bits per heavy atom. The molecular weight excluding hydrogens is 220 g/mol. The second kappa shape index (κ2) is 4.60. The van der Waals surface area contributed by atoms with E-state index in [4.69, 9.17) is 0 Å². The van der Waals surface area contributed by atoms with Crippen LogP contribution in [0.1, 0.15) is 5.56 Å². The van der Waals surface area contributed by atoms with E-state index in [1.807, 2.05) is 43.3 Å². The van der Waals surface area contributed by atoms with Crippen LogP contribution in [-0.4, -0.2) is 8.76 Å². The number of hydrogen-bond donors (Lipinski definition) is 0. The van der Waals surface area contributed by atoms with Crippen molar-refractivity contribution in [2.24, 2.45) is 0 Å². The van der Waals surface area contributed by atoms with Crippen molar-refractivity contribution < 1.29 is 8.76 Å². The third-order valence-corrected chi connectivity index (χ3v) is 3.09. The number of rotatable bonds is 2. The summed E-state index contributed by atoms with van der Waals surface area (Å²) in [5.74, 6) is 0. The second-order valence-corrected chi connectivity index (χ2v) is 4.57. The van der Waals surface area contributed by atoms with Crippen molar-refractivity contribution in [2.45, 2.75) is 11.8 Å². The molecule has 2 aromatic rings. The smallest absolute Gasteiger partial charge is 0.0249 e. The topological polar surface area (TPSA) is 40.1 Å². The highest BCUT2D eigenvalue weighted by Gasteiger charge is 1.97. The van der Waals surface area contributed by atoms with E-state index in [-0.39, 0.29) is 0 Å². The lowest BCUT2D eigenvalue weighted by molar-refractivity contribution is 0.537. The Morgan fingerprint density at radius 3 is 1.75 bits per heavy atom. The lowest BCUT2D eigenvalue weighted by Crippen LogP contribution is -1.88. The second-order valence-electron chi connectivity index (χ2n) is 3.63. The quantitative estimate of drug-likeness (QED) is 0.745. The van der Waals surface area contributed by atoms with E-state index < -0.39 is 11.1 Å². The average molecular weight is 231 g/mol. The number of benzene rings is 2. The monoisotopic (exact) mass is 231 g/mol. The number of hydrogen-bond acceptors (Lipinski definition) is 2. The summed E-state index contributed by atoms with van der Waals surface area (Å²) in [5.41, 5.74) is 3.32. The van der Waals surface area contributed by atoms with Crippen molar-refractivity contribution in [2.75, 3.05) is 0 Å². The molecule has 2 nitrogen and oxygen atoms in total. The van der Waals surface area contributed by atoms with E-state index in [1.165, 1.54) is 5.56 Å². The molecule has 16 heavy (non-hydrogen) atoms. The largest absolute Gasteiger partial charge is 0.768 e. The van der Waals surface area contributed by atoms with Gasteiger partial charge in [0.15, 0.2) is 0 Å². The first-order chi connectivity index (χ1) is 7.66. The normalized spacial score (nSPS) is 12.4. The first-order valence-corrected chi connectivity index (χ1v) is 6.01. The lowest BCUT2D eigenvalue weighted by atomic mass is 10.0. The molecular formula is C13H11O2S-. The molecule has 0 aliphatic carbocycles. The van der Waals surface area contributed by atoms with Crippen LogP contribution < -0.4 is 0 Å². The molecule has 0 radical (unpaired) electrons. The van der Waals surface area contributed by atoms with Crippen molar-refractivity contribution in [1.29, 1.82) is 0 Å². The molecule has 82 valence electrons. The van der Waals surface area contributed by atoms with Gasteiger partial charge in [0.2, 0.25) is 0 Å². The Labute approximate surface area is 97.2 Å². The van der Waals surface area contributed by atoms with E-state index in [0.29, 0.717) is 4.90 Å². The first kappa shape index (κ1) is 11.0. The van der Waals surface area contributed by atoms with E-state index in [2.05, 4.69) is 0 Å². The minimum atomic E-state index is -2.15. The summed E-state index contributed by atoms with van der Waals surface area (Å²) in [6, 6.07) is 15.0. The van der Waals surface area contributed by atoms with Gasteiger partial charge in [0.1, 0.15) is 0 Å². The summed E-state index contributed by atoms with van der Waals surface area (Å²) in [4.78, 5) is 0.316. The van der Waals surface area contributed by atoms with Gasteiger partial charge in [-0.2, -0.15) is 0 Å². The third kappa shape index (κ3) is 2.38. The molecule has 2 rings (SSSR count). The molecule has 2 aromatic carbocycles. The van der Waals surface area contributed by atoms with Crippen molar-refractivity contribution in [3.63, 3.8) is 0 Å². The van der Waals surface area contributed by atoms with Crippen LogP contribution in [0.15, 0.2) is 53.4 Å². The summed E-state index contributed by atoms with van der Waals surface area (Å²) >= 11 is -2.15. The maximum absolute atomic E-state index is 10.7. The summed E-state index contributed by atoms with van der Waals surface area (Å²) in [6.45, 7) is 2.04. The molecule has 0 heterocycles. The summed E-state index contributed by atoms with van der Waals surface area (Å²) in [5, 5.41) is 0. The Hall–Kier alpha value is -1.45. The maximum atomic E-state index is 10.7. The fourth-order valence-electron chi connectivity index (χ4n) is 1.50. The first-order valence-electron chi connectivity index (χ1n) is 4.93. The Balaban J connectivity index is 2.34. The van der Waals surface area contributed by atoms with Crippen LogP contribution in [0.3, 0.4) is 0 Å². The molecule has 0 saturated heterocycles. The zero-order valence-electron chi connectivity index (χ0n) is 8.84. The zero-order chi connectivity index (χ0) is 11.5. The Bertz CT molecular complexity index is 500. The highest BCUT2D eigenvalue weighted by atomic mass is 32.2. The van der Waals surface area contributed by atoms with Gasteiger partial charge in [0.05, 0.1) is 0 Å². The molecule has 3 heteroatoms. The SMILES string of the molecule is Cc1ccc(-c2ccc(S(=O)[O-])cc2)cc1. The lowest BCUT2D eigenvalue weighted by Gasteiger charge is -2.06. The van der Waals surface area contributed by atoms with Crippen LogP contribution >= 0.6 is 0 Å². The molecule has 0 aliphatic rings. The molecule has 0 aliphatic heterocycles. The molecule has 0 spiro atoms. The van der Waals surface area contributed by atoms with Gasteiger partial charge in [-0.15, -0.1) is 0 Å². The van der Waals surface area contributed by atoms with Gasteiger partial charge in [-0.25, -0.2) is 0 Å². The van der Waals surface area contributed by atoms with Crippen molar-refractivity contribution in [3.05, 3.63) is 54.1 Å². The Morgan fingerprint density at radius 2 is 1.31 bits per heavy atom. The van der Waals surface area contributed by atoms with E-state index in [0.717, 1.165) is 11.1 Å². The van der Waals surface area contributed by atoms with Crippen LogP contribution in [0, 0.1) is 6.92 Å². The molecule has 0 saturated carbocycles. The fraction of sp³-hybridized carbons (Fsp3) is 0.0769. The van der Waals surface area contributed by atoms with Gasteiger partial charge in [0, 0.05) is 4.90 Å². The molecule has 0 N–H and O–H groups in total. The van der Waals surface area contributed by atoms with Gasteiger partial charge in [-0.05, 0) is 41.3 Å². The number of aryl methyl sites for hydroxylation is 1. The minimum absolute atomic E-state index is 0.316. The van der Waals surface area contributed by atoms with E-state index in [9.17, 15) is 8.76 Å². The molecule has 0 bridgehead atoms. The molecule has 1 unspecified atom stereocenters. The molecule has 1 atom stereocenters. The molecule has 0 amide bonds. The summed E-state index contributed by atoms with van der Waals surface area (Å²) in [7, 11) is 0. The molecule has 0 fully saturated rings. The van der Waals surface area contributed by atoms with Crippen molar-refractivity contribution >= 4 is 11.1 Å². The highest BCUT2D eigenvalue weighted by molar-refractivity contribution is 7.79. The van der Waals surface area contributed by atoms with Crippen LogP contribution in [-0.2, 0) is 11.1 Å². The van der Waals surface area contributed by atoms with Gasteiger partial charge in [-0.1, -0.05) is 42.0 Å². The fourth-order valence-corrected chi connectivity index (χ4v) is 1.86. The Kier molecular flexibility index (Phi) is 3.17. The van der Waals surface area contributed by atoms with Gasteiger partial charge in [-0.3, -0.25) is 4.21 Å². The zero-order valence-corrected chi connectivity index (χ0v) is 9.66. The standard InChI is InChI=1S/C13H12O2S/c1-10-2-4-11(5-3-10)12-6-8-13(9-7-12)16(14)15/h2-9H,1H3,(H,14,15)/p-1. The van der Waals surface area contributed by atoms with E-state index in [1.54, 1.807) is 12.1 Å². The summed E-state index contributed by atoms with van der Waals surface area (Å²) < 4.78 is 21.4. The van der Waals surface area contributed by atoms with Gasteiger partial charge in [0.25, 0.3) is 0 Å². The highest BCUT2D eigenvalue weighted by Crippen LogP contribution is 2.20. The third-order valence-electron chi connectivity index (χ3n) is 2.43. The van der Waals surface area contributed by atoms with Crippen molar-refractivity contribution in [3.8, 4) is 11.1 Å². The van der Waals surface area contributed by atoms with Crippen LogP contribution in [0.5, 0.6) is 0 Å². The van der Waals surface area contributed by atoms with Crippen molar-refractivity contribution in [1.82, 2.24) is 0 Å². The predicted octanol–water partition coefficient (Wildman–Crippen LogP) is 2.90. The van der Waals surface area contributed by atoms with Gasteiger partial charge >= 0.3 is 0 Å².